The average molecular weight is 483 g/mol. The second-order valence-corrected chi connectivity index (χ2v) is 8.69. The molecule has 8 heteroatoms. The maximum atomic E-state index is 13.5. The summed E-state index contributed by atoms with van der Waals surface area (Å²) in [5, 5.41) is 2.82. The van der Waals surface area contributed by atoms with Gasteiger partial charge in [0.2, 0.25) is 5.76 Å². The van der Waals surface area contributed by atoms with Gasteiger partial charge in [-0.1, -0.05) is 28.1 Å². The molecule has 1 aliphatic rings. The van der Waals surface area contributed by atoms with E-state index in [1.807, 2.05) is 36.6 Å². The normalized spacial score (nSPS) is 15.6. The van der Waals surface area contributed by atoms with Crippen molar-refractivity contribution in [3.8, 4) is 5.75 Å². The molecule has 3 heterocycles. The fourth-order valence-corrected chi connectivity index (χ4v) is 4.88. The second kappa shape index (κ2) is 7.07. The van der Waals surface area contributed by atoms with Crippen molar-refractivity contribution in [2.75, 3.05) is 12.0 Å². The third kappa shape index (κ3) is 2.86. The summed E-state index contributed by atoms with van der Waals surface area (Å²) in [5.74, 6) is 0.375. The minimum atomic E-state index is -0.636. The summed E-state index contributed by atoms with van der Waals surface area (Å²) in [6.45, 7) is 1.87. The van der Waals surface area contributed by atoms with Gasteiger partial charge in [-0.25, -0.2) is 4.98 Å². The van der Waals surface area contributed by atoms with Gasteiger partial charge < -0.3 is 9.15 Å². The van der Waals surface area contributed by atoms with Gasteiger partial charge in [0.05, 0.1) is 29.8 Å². The molecule has 0 saturated carbocycles. The molecule has 1 aliphatic heterocycles. The first-order valence-corrected chi connectivity index (χ1v) is 10.8. The van der Waals surface area contributed by atoms with Gasteiger partial charge in [-0.2, -0.15) is 0 Å². The van der Waals surface area contributed by atoms with Gasteiger partial charge in [0.15, 0.2) is 10.6 Å². The molecular formula is C22H15BrN2O4S. The number of methoxy groups -OCH3 is 1. The summed E-state index contributed by atoms with van der Waals surface area (Å²) in [5.41, 5.74) is 2.06. The lowest BCUT2D eigenvalue weighted by atomic mass is 9.98. The molecule has 0 N–H and O–H groups in total. The summed E-state index contributed by atoms with van der Waals surface area (Å²) < 4.78 is 12.0. The van der Waals surface area contributed by atoms with E-state index in [1.165, 1.54) is 11.3 Å². The lowest BCUT2D eigenvalue weighted by Crippen LogP contribution is -2.29. The number of benzene rings is 2. The van der Waals surface area contributed by atoms with Gasteiger partial charge in [-0.05, 0) is 42.8 Å². The average Bonchev–Trinajstić information content (AvgIpc) is 3.30. The molecule has 0 radical (unpaired) electrons. The molecule has 4 aromatic rings. The third-order valence-electron chi connectivity index (χ3n) is 5.08. The maximum absolute atomic E-state index is 13.5. The topological polar surface area (TPSA) is 72.6 Å². The summed E-state index contributed by atoms with van der Waals surface area (Å²) in [6, 6.07) is 11.9. The van der Waals surface area contributed by atoms with Crippen molar-refractivity contribution in [2.24, 2.45) is 0 Å². The number of nitrogens with zero attached hydrogens (tertiary/aromatic N) is 2. The van der Waals surface area contributed by atoms with Crippen LogP contribution in [0.3, 0.4) is 0 Å². The number of halogens is 1. The Morgan fingerprint density at radius 3 is 2.60 bits per heavy atom. The Hall–Kier alpha value is -2.97. The zero-order valence-corrected chi connectivity index (χ0v) is 18.4. The molecule has 30 heavy (non-hydrogen) atoms. The Bertz CT molecular complexity index is 1360. The van der Waals surface area contributed by atoms with Crippen LogP contribution in [0.15, 0.2) is 61.5 Å². The van der Waals surface area contributed by atoms with E-state index in [0.29, 0.717) is 27.4 Å². The van der Waals surface area contributed by atoms with Gasteiger partial charge in [0.1, 0.15) is 11.3 Å². The number of rotatable bonds is 3. The molecule has 2 aromatic heterocycles. The van der Waals surface area contributed by atoms with E-state index in [4.69, 9.17) is 9.15 Å². The highest BCUT2D eigenvalue weighted by Gasteiger charge is 2.44. The third-order valence-corrected chi connectivity index (χ3v) is 6.53. The van der Waals surface area contributed by atoms with Crippen LogP contribution in [-0.2, 0) is 0 Å². The minimum Gasteiger partial charge on any atom is -0.497 e. The Labute approximate surface area is 183 Å². The highest BCUT2D eigenvalue weighted by atomic mass is 79.9. The number of carbonyl (C=O) groups is 1. The predicted molar refractivity (Wildman–Crippen MR) is 119 cm³/mol. The zero-order chi connectivity index (χ0) is 21.0. The number of aryl methyl sites for hydroxylation is 1. The summed E-state index contributed by atoms with van der Waals surface area (Å²) in [6.07, 6.45) is 0. The van der Waals surface area contributed by atoms with Gasteiger partial charge in [-0.3, -0.25) is 14.5 Å². The largest absolute Gasteiger partial charge is 0.497 e. The Kier molecular flexibility index (Phi) is 4.48. The number of fused-ring (bicyclic) bond motifs is 2. The number of amides is 1. The first-order valence-electron chi connectivity index (χ1n) is 9.14. The Morgan fingerprint density at radius 2 is 1.93 bits per heavy atom. The maximum Gasteiger partial charge on any atom is 0.297 e. The van der Waals surface area contributed by atoms with Crippen molar-refractivity contribution in [3.05, 3.63) is 85.1 Å². The quantitative estimate of drug-likeness (QED) is 0.407. The van der Waals surface area contributed by atoms with Crippen LogP contribution in [0.1, 0.15) is 33.4 Å². The van der Waals surface area contributed by atoms with Crippen LogP contribution in [0.2, 0.25) is 0 Å². The lowest BCUT2D eigenvalue weighted by molar-refractivity contribution is 0.0971. The standard InChI is InChI=1S/C22H15BrN2O4S/c1-11-10-30-22(24-11)25-18(12-3-6-14(28-2)7-4-12)17-19(26)15-9-13(23)5-8-16(15)29-20(17)21(25)27/h3-10,18H,1-2H3/t18-/m1/s1. The van der Waals surface area contributed by atoms with Gasteiger partial charge >= 0.3 is 0 Å². The smallest absolute Gasteiger partial charge is 0.297 e. The molecule has 0 aliphatic carbocycles. The fraction of sp³-hybridized carbons (Fsp3) is 0.136. The highest BCUT2D eigenvalue weighted by Crippen LogP contribution is 2.42. The van der Waals surface area contributed by atoms with Crippen LogP contribution in [0, 0.1) is 6.92 Å². The molecule has 0 bridgehead atoms. The Balaban J connectivity index is 1.80. The van der Waals surface area contributed by atoms with Crippen molar-refractivity contribution < 1.29 is 13.9 Å². The molecule has 0 fully saturated rings. The van der Waals surface area contributed by atoms with Crippen LogP contribution in [-0.4, -0.2) is 18.0 Å². The molecule has 1 amide bonds. The molecule has 0 unspecified atom stereocenters. The number of aromatic nitrogens is 1. The van der Waals surface area contributed by atoms with Crippen molar-refractivity contribution in [1.82, 2.24) is 4.98 Å². The molecule has 0 spiro atoms. The van der Waals surface area contributed by atoms with E-state index < -0.39 is 6.04 Å². The molecule has 0 saturated heterocycles. The second-order valence-electron chi connectivity index (χ2n) is 6.94. The number of anilines is 1. The van der Waals surface area contributed by atoms with Crippen LogP contribution in [0.5, 0.6) is 5.75 Å². The van der Waals surface area contributed by atoms with Crippen LogP contribution in [0.4, 0.5) is 5.13 Å². The van der Waals surface area contributed by atoms with E-state index in [1.54, 1.807) is 30.2 Å². The van der Waals surface area contributed by atoms with Crippen LogP contribution in [0.25, 0.3) is 11.0 Å². The van der Waals surface area contributed by atoms with E-state index in [0.717, 1.165) is 15.7 Å². The first kappa shape index (κ1) is 19.0. The number of thiazole rings is 1. The monoisotopic (exact) mass is 482 g/mol. The number of ether oxygens (including phenoxy) is 1. The van der Waals surface area contributed by atoms with Gasteiger partial charge in [0, 0.05) is 9.85 Å². The molecule has 1 atom stereocenters. The highest BCUT2D eigenvalue weighted by molar-refractivity contribution is 9.10. The molecule has 150 valence electrons. The molecule has 5 rings (SSSR count). The molecule has 6 nitrogen and oxygen atoms in total. The SMILES string of the molecule is COc1ccc([C@@H]2c3c(oc4ccc(Br)cc4c3=O)C(=O)N2c2nc(C)cs2)cc1. The van der Waals surface area contributed by atoms with Gasteiger partial charge in [0.25, 0.3) is 5.91 Å². The summed E-state index contributed by atoms with van der Waals surface area (Å²) in [7, 11) is 1.59. The van der Waals surface area contributed by atoms with E-state index in [9.17, 15) is 9.59 Å². The molecule has 2 aromatic carbocycles. The number of hydrogen-bond acceptors (Lipinski definition) is 6. The van der Waals surface area contributed by atoms with E-state index >= 15 is 0 Å². The van der Waals surface area contributed by atoms with Crippen molar-refractivity contribution in [3.63, 3.8) is 0 Å². The van der Waals surface area contributed by atoms with E-state index in [2.05, 4.69) is 20.9 Å². The lowest BCUT2D eigenvalue weighted by Gasteiger charge is -2.22. The van der Waals surface area contributed by atoms with Crippen molar-refractivity contribution in [2.45, 2.75) is 13.0 Å². The predicted octanol–water partition coefficient (Wildman–Crippen LogP) is 5.08. The number of carbonyl (C=O) groups excluding carboxylic acids is 1. The first-order chi connectivity index (χ1) is 14.5. The minimum absolute atomic E-state index is 0.0588. The van der Waals surface area contributed by atoms with Crippen molar-refractivity contribution in [1.29, 1.82) is 0 Å². The summed E-state index contributed by atoms with van der Waals surface area (Å²) in [4.78, 5) is 32.9. The zero-order valence-electron chi connectivity index (χ0n) is 16.0. The summed E-state index contributed by atoms with van der Waals surface area (Å²) >= 11 is 4.76. The number of hydrogen-bond donors (Lipinski definition) is 0. The van der Waals surface area contributed by atoms with Crippen LogP contribution >= 0.6 is 27.3 Å². The van der Waals surface area contributed by atoms with Crippen molar-refractivity contribution >= 4 is 49.3 Å². The molecular weight excluding hydrogens is 468 g/mol. The van der Waals surface area contributed by atoms with E-state index in [-0.39, 0.29) is 17.1 Å². The van der Waals surface area contributed by atoms with Gasteiger partial charge in [-0.15, -0.1) is 11.3 Å². The fourth-order valence-electron chi connectivity index (χ4n) is 3.70. The Morgan fingerprint density at radius 1 is 1.17 bits per heavy atom. The van der Waals surface area contributed by atoms with Crippen LogP contribution < -0.4 is 15.1 Å².